The number of hydrogen-bond acceptors (Lipinski definition) is 5. The van der Waals surface area contributed by atoms with Crippen molar-refractivity contribution in [3.8, 4) is 5.75 Å². The lowest BCUT2D eigenvalue weighted by Crippen LogP contribution is -2.21. The molecule has 0 spiro atoms. The summed E-state index contributed by atoms with van der Waals surface area (Å²) in [6, 6.07) is 10.5. The standard InChI is InChI=1S/C18H17ClF2N2O4/c1-23(2)13-6-3-11(4-7-13)17(25)26-10-16(24)22-12-5-8-15(14(19)9-12)27-18(20)21/h3-9,18H,10H2,1-2H3,(H,22,24). The minimum atomic E-state index is -3.01. The van der Waals surface area contributed by atoms with E-state index in [1.54, 1.807) is 24.3 Å². The summed E-state index contributed by atoms with van der Waals surface area (Å²) in [5.41, 5.74) is 1.48. The van der Waals surface area contributed by atoms with Crippen LogP contribution in [-0.4, -0.2) is 39.2 Å². The van der Waals surface area contributed by atoms with E-state index in [4.69, 9.17) is 16.3 Å². The van der Waals surface area contributed by atoms with Gasteiger partial charge >= 0.3 is 12.6 Å². The van der Waals surface area contributed by atoms with Crippen molar-refractivity contribution in [3.05, 3.63) is 53.1 Å². The molecule has 6 nitrogen and oxygen atoms in total. The van der Waals surface area contributed by atoms with Gasteiger partial charge in [0.05, 0.1) is 10.6 Å². The van der Waals surface area contributed by atoms with E-state index in [1.165, 1.54) is 18.2 Å². The molecule has 2 aromatic rings. The van der Waals surface area contributed by atoms with Gasteiger partial charge < -0.3 is 19.7 Å². The van der Waals surface area contributed by atoms with Gasteiger partial charge in [0.15, 0.2) is 6.61 Å². The first kappa shape index (κ1) is 20.4. The van der Waals surface area contributed by atoms with Gasteiger partial charge in [-0.15, -0.1) is 0 Å². The second-order valence-corrected chi connectivity index (χ2v) is 6.00. The van der Waals surface area contributed by atoms with Crippen molar-refractivity contribution in [3.63, 3.8) is 0 Å². The first-order chi connectivity index (χ1) is 12.8. The van der Waals surface area contributed by atoms with Crippen LogP contribution in [0.3, 0.4) is 0 Å². The topological polar surface area (TPSA) is 67.9 Å². The van der Waals surface area contributed by atoms with Crippen molar-refractivity contribution in [2.45, 2.75) is 6.61 Å². The molecule has 0 atom stereocenters. The van der Waals surface area contributed by atoms with E-state index < -0.39 is 25.1 Å². The average molecular weight is 399 g/mol. The number of hydrogen-bond donors (Lipinski definition) is 1. The number of nitrogens with one attached hydrogen (secondary N) is 1. The van der Waals surface area contributed by atoms with E-state index in [1.807, 2.05) is 19.0 Å². The molecule has 0 saturated carbocycles. The molecule has 144 valence electrons. The zero-order chi connectivity index (χ0) is 20.0. The molecule has 2 aromatic carbocycles. The number of carbonyl (C=O) groups is 2. The van der Waals surface area contributed by atoms with E-state index >= 15 is 0 Å². The van der Waals surface area contributed by atoms with Crippen LogP contribution in [0, 0.1) is 0 Å². The quantitative estimate of drug-likeness (QED) is 0.718. The van der Waals surface area contributed by atoms with Crippen molar-refractivity contribution in [1.29, 1.82) is 0 Å². The predicted octanol–water partition coefficient (Wildman–Crippen LogP) is 3.80. The molecule has 9 heteroatoms. The number of ether oxygens (including phenoxy) is 2. The number of esters is 1. The van der Waals surface area contributed by atoms with Gasteiger partial charge in [-0.2, -0.15) is 8.78 Å². The minimum absolute atomic E-state index is 0.0916. The van der Waals surface area contributed by atoms with E-state index in [0.717, 1.165) is 5.69 Å². The van der Waals surface area contributed by atoms with Crippen LogP contribution in [0.5, 0.6) is 5.75 Å². The maximum atomic E-state index is 12.2. The van der Waals surface area contributed by atoms with Crippen molar-refractivity contribution < 1.29 is 27.8 Å². The third-order valence-electron chi connectivity index (χ3n) is 3.39. The summed E-state index contributed by atoms with van der Waals surface area (Å²) >= 11 is 5.80. The fraction of sp³-hybridized carbons (Fsp3) is 0.222. The summed E-state index contributed by atoms with van der Waals surface area (Å²) in [6.45, 7) is -3.52. The van der Waals surface area contributed by atoms with Crippen molar-refractivity contribution in [2.75, 3.05) is 30.9 Å². The van der Waals surface area contributed by atoms with E-state index in [2.05, 4.69) is 10.1 Å². The Hall–Kier alpha value is -2.87. The molecule has 0 bridgehead atoms. The van der Waals surface area contributed by atoms with Gasteiger partial charge in [-0.1, -0.05) is 11.6 Å². The highest BCUT2D eigenvalue weighted by atomic mass is 35.5. The molecule has 0 unspecified atom stereocenters. The second kappa shape index (κ2) is 9.18. The number of halogens is 3. The van der Waals surface area contributed by atoms with Crippen LogP contribution in [0.1, 0.15) is 10.4 Å². The fourth-order valence-electron chi connectivity index (χ4n) is 2.08. The second-order valence-electron chi connectivity index (χ2n) is 5.59. The summed E-state index contributed by atoms with van der Waals surface area (Å²) in [6.07, 6.45) is 0. The number of alkyl halides is 2. The van der Waals surface area contributed by atoms with E-state index in [-0.39, 0.29) is 16.5 Å². The number of amides is 1. The first-order valence-corrected chi connectivity index (χ1v) is 8.13. The highest BCUT2D eigenvalue weighted by Gasteiger charge is 2.13. The maximum absolute atomic E-state index is 12.2. The highest BCUT2D eigenvalue weighted by molar-refractivity contribution is 6.32. The maximum Gasteiger partial charge on any atom is 0.387 e. The fourth-order valence-corrected chi connectivity index (χ4v) is 2.30. The Kier molecular flexibility index (Phi) is 6.95. The van der Waals surface area contributed by atoms with Crippen LogP contribution in [0.2, 0.25) is 5.02 Å². The third-order valence-corrected chi connectivity index (χ3v) is 3.68. The van der Waals surface area contributed by atoms with Crippen LogP contribution in [0.25, 0.3) is 0 Å². The number of nitrogens with zero attached hydrogens (tertiary/aromatic N) is 1. The molecule has 0 aliphatic rings. The van der Waals surface area contributed by atoms with E-state index in [9.17, 15) is 18.4 Å². The third kappa shape index (κ3) is 6.10. The van der Waals surface area contributed by atoms with Crippen LogP contribution in [0.4, 0.5) is 20.2 Å². The molecule has 0 saturated heterocycles. The Morgan fingerprint density at radius 1 is 1.15 bits per heavy atom. The highest BCUT2D eigenvalue weighted by Crippen LogP contribution is 2.28. The van der Waals surface area contributed by atoms with Crippen LogP contribution < -0.4 is 15.0 Å². The molecule has 0 aliphatic heterocycles. The summed E-state index contributed by atoms with van der Waals surface area (Å²) in [4.78, 5) is 25.7. The van der Waals surface area contributed by atoms with Crippen molar-refractivity contribution in [1.82, 2.24) is 0 Å². The molecule has 2 rings (SSSR count). The van der Waals surface area contributed by atoms with Crippen LogP contribution >= 0.6 is 11.6 Å². The Labute approximate surface area is 159 Å². The molecule has 1 amide bonds. The number of anilines is 2. The number of rotatable bonds is 7. The Bertz CT molecular complexity index is 814. The summed E-state index contributed by atoms with van der Waals surface area (Å²) in [5.74, 6) is -1.46. The Morgan fingerprint density at radius 2 is 1.81 bits per heavy atom. The van der Waals surface area contributed by atoms with Crippen molar-refractivity contribution in [2.24, 2.45) is 0 Å². The molecule has 0 radical (unpaired) electrons. The smallest absolute Gasteiger partial charge is 0.387 e. The molecular formula is C18H17ClF2N2O4. The first-order valence-electron chi connectivity index (χ1n) is 7.75. The largest absolute Gasteiger partial charge is 0.452 e. The summed E-state index contributed by atoms with van der Waals surface area (Å²) < 4.78 is 33.5. The molecule has 0 aromatic heterocycles. The SMILES string of the molecule is CN(C)c1ccc(C(=O)OCC(=O)Nc2ccc(OC(F)F)c(Cl)c2)cc1. The number of benzene rings is 2. The average Bonchev–Trinajstić information content (AvgIpc) is 2.61. The molecule has 0 aliphatic carbocycles. The van der Waals surface area contributed by atoms with Crippen LogP contribution in [0.15, 0.2) is 42.5 Å². The lowest BCUT2D eigenvalue weighted by Gasteiger charge is -2.12. The van der Waals surface area contributed by atoms with E-state index in [0.29, 0.717) is 5.56 Å². The van der Waals surface area contributed by atoms with Gasteiger partial charge in [0.2, 0.25) is 0 Å². The van der Waals surface area contributed by atoms with Gasteiger partial charge in [-0.05, 0) is 42.5 Å². The molecule has 0 heterocycles. The Morgan fingerprint density at radius 3 is 2.37 bits per heavy atom. The predicted molar refractivity (Wildman–Crippen MR) is 97.8 cm³/mol. The van der Waals surface area contributed by atoms with Gasteiger partial charge in [0, 0.05) is 25.5 Å². The van der Waals surface area contributed by atoms with Crippen LogP contribution in [-0.2, 0) is 9.53 Å². The van der Waals surface area contributed by atoms with Gasteiger partial charge in [0.1, 0.15) is 5.75 Å². The molecular weight excluding hydrogens is 382 g/mol. The molecule has 27 heavy (non-hydrogen) atoms. The van der Waals surface area contributed by atoms with Crippen molar-refractivity contribution >= 4 is 34.9 Å². The minimum Gasteiger partial charge on any atom is -0.452 e. The lowest BCUT2D eigenvalue weighted by atomic mass is 10.2. The zero-order valence-electron chi connectivity index (χ0n) is 14.5. The number of carbonyl (C=O) groups excluding carboxylic acids is 2. The summed E-state index contributed by atoms with van der Waals surface area (Å²) in [7, 11) is 3.74. The van der Waals surface area contributed by atoms with Gasteiger partial charge in [-0.25, -0.2) is 4.79 Å². The summed E-state index contributed by atoms with van der Waals surface area (Å²) in [5, 5.41) is 2.35. The molecule has 1 N–H and O–H groups in total. The zero-order valence-corrected chi connectivity index (χ0v) is 15.3. The van der Waals surface area contributed by atoms with Gasteiger partial charge in [0.25, 0.3) is 5.91 Å². The Balaban J connectivity index is 1.88. The molecule has 0 fully saturated rings. The van der Waals surface area contributed by atoms with Gasteiger partial charge in [-0.3, -0.25) is 4.79 Å². The normalized spacial score (nSPS) is 10.4. The monoisotopic (exact) mass is 398 g/mol. The lowest BCUT2D eigenvalue weighted by molar-refractivity contribution is -0.119.